The maximum absolute atomic E-state index is 10.7. The lowest BCUT2D eigenvalue weighted by molar-refractivity contribution is -0.134. The standard InChI is InChI=1S/C9H14N2O2/c1-3-8(9(12)13)11(10-2)6-7-4-5-7/h3,7H,2,4-6H2,1H3,(H,12,13)/b8-3-. The predicted octanol–water partition coefficient (Wildman–Crippen LogP) is 1.30. The van der Waals surface area contributed by atoms with Gasteiger partial charge in [-0.05, 0) is 25.7 Å². The molecule has 1 rings (SSSR count). The van der Waals surface area contributed by atoms with E-state index in [4.69, 9.17) is 5.11 Å². The molecule has 72 valence electrons. The molecule has 1 aliphatic carbocycles. The molecule has 1 N–H and O–H groups in total. The number of hydrazone groups is 1. The van der Waals surface area contributed by atoms with Crippen molar-refractivity contribution in [1.29, 1.82) is 0 Å². The number of hydrogen-bond donors (Lipinski definition) is 1. The van der Waals surface area contributed by atoms with Crippen LogP contribution in [0.2, 0.25) is 0 Å². The smallest absolute Gasteiger partial charge is 0.353 e. The minimum Gasteiger partial charge on any atom is -0.477 e. The van der Waals surface area contributed by atoms with Gasteiger partial charge < -0.3 is 5.11 Å². The lowest BCUT2D eigenvalue weighted by Gasteiger charge is -2.17. The van der Waals surface area contributed by atoms with Gasteiger partial charge >= 0.3 is 5.97 Å². The second-order valence-corrected chi connectivity index (χ2v) is 3.15. The SMILES string of the molecule is C=NN(CC1CC1)/C(=C\C)C(=O)O. The molecular weight excluding hydrogens is 168 g/mol. The Labute approximate surface area is 77.5 Å². The summed E-state index contributed by atoms with van der Waals surface area (Å²) in [5, 5.41) is 14.0. The van der Waals surface area contributed by atoms with E-state index in [1.54, 1.807) is 13.0 Å². The topological polar surface area (TPSA) is 52.9 Å². The van der Waals surface area contributed by atoms with Crippen molar-refractivity contribution >= 4 is 12.7 Å². The van der Waals surface area contributed by atoms with Crippen LogP contribution in [0.1, 0.15) is 19.8 Å². The molecule has 4 heteroatoms. The highest BCUT2D eigenvalue weighted by molar-refractivity contribution is 5.85. The summed E-state index contributed by atoms with van der Waals surface area (Å²) in [6.07, 6.45) is 3.88. The highest BCUT2D eigenvalue weighted by Crippen LogP contribution is 2.30. The van der Waals surface area contributed by atoms with E-state index >= 15 is 0 Å². The van der Waals surface area contributed by atoms with Crippen molar-refractivity contribution in [3.05, 3.63) is 11.8 Å². The largest absolute Gasteiger partial charge is 0.477 e. The quantitative estimate of drug-likeness (QED) is 0.396. The Morgan fingerprint density at radius 1 is 1.77 bits per heavy atom. The van der Waals surface area contributed by atoms with Crippen LogP contribution in [0, 0.1) is 5.92 Å². The van der Waals surface area contributed by atoms with E-state index in [2.05, 4.69) is 11.8 Å². The fourth-order valence-electron chi connectivity index (χ4n) is 1.16. The Kier molecular flexibility index (Phi) is 3.06. The predicted molar refractivity (Wildman–Crippen MR) is 50.4 cm³/mol. The Hall–Kier alpha value is -1.32. The summed E-state index contributed by atoms with van der Waals surface area (Å²) >= 11 is 0. The van der Waals surface area contributed by atoms with Crippen molar-refractivity contribution < 1.29 is 9.90 Å². The minimum atomic E-state index is -0.949. The van der Waals surface area contributed by atoms with E-state index < -0.39 is 5.97 Å². The highest BCUT2D eigenvalue weighted by atomic mass is 16.4. The molecule has 0 saturated heterocycles. The molecule has 0 amide bonds. The molecule has 0 radical (unpaired) electrons. The van der Waals surface area contributed by atoms with E-state index in [1.807, 2.05) is 0 Å². The van der Waals surface area contributed by atoms with Crippen LogP contribution in [0.5, 0.6) is 0 Å². The van der Waals surface area contributed by atoms with Crippen molar-refractivity contribution in [3.63, 3.8) is 0 Å². The first-order valence-electron chi connectivity index (χ1n) is 4.32. The van der Waals surface area contributed by atoms with Gasteiger partial charge in [0.25, 0.3) is 0 Å². The van der Waals surface area contributed by atoms with Gasteiger partial charge in [0.2, 0.25) is 0 Å². The first-order valence-corrected chi connectivity index (χ1v) is 4.32. The summed E-state index contributed by atoms with van der Waals surface area (Å²) in [7, 11) is 0. The van der Waals surface area contributed by atoms with Crippen LogP contribution in [0.4, 0.5) is 0 Å². The molecule has 1 aliphatic rings. The minimum absolute atomic E-state index is 0.210. The Balaban J connectivity index is 2.61. The zero-order valence-electron chi connectivity index (χ0n) is 7.73. The van der Waals surface area contributed by atoms with Crippen LogP contribution < -0.4 is 0 Å². The number of aliphatic carboxylic acids is 1. The number of carbonyl (C=O) groups is 1. The number of carboxylic acids is 1. The maximum Gasteiger partial charge on any atom is 0.353 e. The van der Waals surface area contributed by atoms with Gasteiger partial charge in [0, 0.05) is 13.3 Å². The lowest BCUT2D eigenvalue weighted by atomic mass is 10.3. The van der Waals surface area contributed by atoms with Crippen LogP contribution in [0.25, 0.3) is 0 Å². The molecule has 0 bridgehead atoms. The fraction of sp³-hybridized carbons (Fsp3) is 0.556. The molecule has 0 unspecified atom stereocenters. The van der Waals surface area contributed by atoms with Gasteiger partial charge in [0.15, 0.2) is 0 Å². The summed E-state index contributed by atoms with van der Waals surface area (Å²) in [6.45, 7) is 5.73. The van der Waals surface area contributed by atoms with Gasteiger partial charge in [0.1, 0.15) is 5.70 Å². The van der Waals surface area contributed by atoms with Gasteiger partial charge in [0.05, 0.1) is 0 Å². The van der Waals surface area contributed by atoms with E-state index in [9.17, 15) is 4.79 Å². The second-order valence-electron chi connectivity index (χ2n) is 3.15. The molecule has 0 heterocycles. The lowest BCUT2D eigenvalue weighted by Crippen LogP contribution is -2.24. The molecule has 0 spiro atoms. The van der Waals surface area contributed by atoms with E-state index in [0.29, 0.717) is 12.5 Å². The summed E-state index contributed by atoms with van der Waals surface area (Å²) in [5.41, 5.74) is 0.210. The molecule has 1 saturated carbocycles. The summed E-state index contributed by atoms with van der Waals surface area (Å²) in [5.74, 6) is -0.352. The van der Waals surface area contributed by atoms with Crippen LogP contribution >= 0.6 is 0 Å². The molecule has 0 aliphatic heterocycles. The third-order valence-corrected chi connectivity index (χ3v) is 2.07. The van der Waals surface area contributed by atoms with Crippen molar-refractivity contribution in [2.75, 3.05) is 6.54 Å². The normalized spacial score (nSPS) is 16.8. The Bertz CT molecular complexity index is 244. The zero-order chi connectivity index (χ0) is 9.84. The molecule has 0 aromatic rings. The van der Waals surface area contributed by atoms with Crippen molar-refractivity contribution in [3.8, 4) is 0 Å². The fourth-order valence-corrected chi connectivity index (χ4v) is 1.16. The Morgan fingerprint density at radius 2 is 2.38 bits per heavy atom. The van der Waals surface area contributed by atoms with Crippen molar-refractivity contribution in [2.45, 2.75) is 19.8 Å². The molecule has 0 atom stereocenters. The van der Waals surface area contributed by atoms with E-state index in [1.165, 1.54) is 17.9 Å². The monoisotopic (exact) mass is 182 g/mol. The number of hydrogen-bond acceptors (Lipinski definition) is 3. The zero-order valence-corrected chi connectivity index (χ0v) is 7.73. The number of nitrogens with zero attached hydrogens (tertiary/aromatic N) is 2. The van der Waals surface area contributed by atoms with Gasteiger partial charge in [-0.3, -0.25) is 5.01 Å². The van der Waals surface area contributed by atoms with Gasteiger partial charge in [-0.2, -0.15) is 5.10 Å². The van der Waals surface area contributed by atoms with E-state index in [-0.39, 0.29) is 5.70 Å². The third kappa shape index (κ3) is 2.57. The van der Waals surface area contributed by atoms with E-state index in [0.717, 1.165) is 0 Å². The Morgan fingerprint density at radius 3 is 2.69 bits per heavy atom. The maximum atomic E-state index is 10.7. The van der Waals surface area contributed by atoms with Gasteiger partial charge in [-0.1, -0.05) is 6.08 Å². The second kappa shape index (κ2) is 4.07. The van der Waals surface area contributed by atoms with Crippen molar-refractivity contribution in [2.24, 2.45) is 11.0 Å². The number of rotatable bonds is 5. The van der Waals surface area contributed by atoms with Gasteiger partial charge in [-0.25, -0.2) is 4.79 Å². The molecule has 13 heavy (non-hydrogen) atoms. The average molecular weight is 182 g/mol. The van der Waals surface area contributed by atoms with Crippen LogP contribution in [-0.2, 0) is 4.79 Å². The number of allylic oxidation sites excluding steroid dienone is 1. The highest BCUT2D eigenvalue weighted by Gasteiger charge is 2.26. The van der Waals surface area contributed by atoms with Crippen LogP contribution in [0.3, 0.4) is 0 Å². The first kappa shape index (κ1) is 9.77. The molecule has 4 nitrogen and oxygen atoms in total. The third-order valence-electron chi connectivity index (χ3n) is 2.07. The summed E-state index contributed by atoms with van der Waals surface area (Å²) < 4.78 is 0. The van der Waals surface area contributed by atoms with Gasteiger partial charge in [-0.15, -0.1) is 0 Å². The number of carboxylic acid groups (broad SMARTS) is 1. The van der Waals surface area contributed by atoms with Crippen LogP contribution in [0.15, 0.2) is 16.9 Å². The summed E-state index contributed by atoms with van der Waals surface area (Å²) in [4.78, 5) is 10.7. The summed E-state index contributed by atoms with van der Waals surface area (Å²) in [6, 6.07) is 0. The van der Waals surface area contributed by atoms with Crippen LogP contribution in [-0.4, -0.2) is 29.3 Å². The average Bonchev–Trinajstić information content (AvgIpc) is 2.87. The molecule has 0 aromatic heterocycles. The van der Waals surface area contributed by atoms with Crippen molar-refractivity contribution in [1.82, 2.24) is 5.01 Å². The first-order chi connectivity index (χ1) is 6.19. The molecule has 0 aromatic carbocycles. The molecular formula is C9H14N2O2. The molecule has 1 fully saturated rings.